The number of nitrogens with two attached hydrogens (primary N) is 1. The Morgan fingerprint density at radius 3 is 2.46 bits per heavy atom. The third kappa shape index (κ3) is 2.73. The summed E-state index contributed by atoms with van der Waals surface area (Å²) in [6.07, 6.45) is 4.14. The summed E-state index contributed by atoms with van der Waals surface area (Å²) in [6, 6.07) is 5.61. The third-order valence-electron chi connectivity index (χ3n) is 1.73. The lowest BCUT2D eigenvalue weighted by molar-refractivity contribution is 1.39. The Hall–Kier alpha value is 0.01000. The minimum atomic E-state index is 0.374. The monoisotopic (exact) mass is 233 g/mol. The van der Waals surface area contributed by atoms with E-state index in [1.54, 1.807) is 23.5 Å². The molecule has 0 bridgehead atoms. The van der Waals surface area contributed by atoms with Crippen LogP contribution < -0.4 is 5.73 Å². The summed E-state index contributed by atoms with van der Waals surface area (Å²) in [5, 5.41) is 0.748. The van der Waals surface area contributed by atoms with Gasteiger partial charge >= 0.3 is 0 Å². The molecule has 0 spiro atoms. The largest absolute Gasteiger partial charge is 0.398 e. The van der Waals surface area contributed by atoms with Crippen LogP contribution in [0.3, 0.4) is 0 Å². The molecule has 1 aromatic carbocycles. The van der Waals surface area contributed by atoms with Crippen LogP contribution in [0.1, 0.15) is 10.1 Å². The summed E-state index contributed by atoms with van der Waals surface area (Å²) in [5.74, 6) is 0. The van der Waals surface area contributed by atoms with E-state index < -0.39 is 0 Å². The van der Waals surface area contributed by atoms with Crippen molar-refractivity contribution in [1.82, 2.24) is 0 Å². The molecule has 0 amide bonds. The van der Waals surface area contributed by atoms with Crippen molar-refractivity contribution in [1.29, 1.82) is 0 Å². The number of halogens is 1. The smallest absolute Gasteiger partial charge is 0.0766 e. The molecule has 4 heteroatoms. The van der Waals surface area contributed by atoms with Crippen molar-refractivity contribution in [3.63, 3.8) is 0 Å². The second-order valence-electron chi connectivity index (χ2n) is 2.58. The average molecular weight is 234 g/mol. The van der Waals surface area contributed by atoms with E-state index in [2.05, 4.69) is 12.5 Å². The number of rotatable bonds is 3. The van der Waals surface area contributed by atoms with E-state index in [1.165, 1.54) is 0 Å². The third-order valence-corrected chi connectivity index (χ3v) is 4.48. The molecule has 0 radical (unpaired) electrons. The normalized spacial score (nSPS) is 10.8. The van der Waals surface area contributed by atoms with Crippen molar-refractivity contribution in [3.8, 4) is 0 Å². The average Bonchev–Trinajstić information content (AvgIpc) is 2.13. The summed E-state index contributed by atoms with van der Waals surface area (Å²) < 4.78 is 0.374. The van der Waals surface area contributed by atoms with Crippen LogP contribution in [0, 0.1) is 0 Å². The summed E-state index contributed by atoms with van der Waals surface area (Å²) in [5.41, 5.74) is 7.79. The molecule has 0 aliphatic rings. The van der Waals surface area contributed by atoms with Crippen LogP contribution in [-0.2, 0) is 0 Å². The maximum Gasteiger partial charge on any atom is 0.0766 e. The Balaban J connectivity index is 3.03. The fourth-order valence-corrected chi connectivity index (χ4v) is 2.97. The fraction of sp³-hybridized carbons (Fsp3) is 0.333. The molecule has 0 unspecified atom stereocenters. The maximum absolute atomic E-state index is 5.90. The lowest BCUT2D eigenvalue weighted by Gasteiger charge is -2.14. The van der Waals surface area contributed by atoms with Gasteiger partial charge in [0.05, 0.1) is 4.58 Å². The molecule has 72 valence electrons. The number of benzene rings is 1. The van der Waals surface area contributed by atoms with Crippen molar-refractivity contribution in [2.24, 2.45) is 0 Å². The molecular formula is C9H12ClNS2. The standard InChI is InChI=1S/C9H12ClNS2/c1-12-9(13-2)7-5-6(10)3-4-8(7)11/h3-5,9H,11H2,1-2H3. The van der Waals surface area contributed by atoms with Crippen LogP contribution >= 0.6 is 35.1 Å². The first-order valence-electron chi connectivity index (χ1n) is 3.79. The van der Waals surface area contributed by atoms with Crippen molar-refractivity contribution < 1.29 is 0 Å². The molecule has 1 nitrogen and oxygen atoms in total. The van der Waals surface area contributed by atoms with Gasteiger partial charge in [-0.25, -0.2) is 0 Å². The number of thioether (sulfide) groups is 2. The van der Waals surface area contributed by atoms with E-state index in [1.807, 2.05) is 18.2 Å². The first kappa shape index (κ1) is 11.1. The van der Waals surface area contributed by atoms with Gasteiger partial charge in [-0.15, -0.1) is 23.5 Å². The first-order chi connectivity index (χ1) is 6.19. The molecule has 0 saturated carbocycles. The van der Waals surface area contributed by atoms with Gasteiger partial charge in [0.2, 0.25) is 0 Å². The molecule has 13 heavy (non-hydrogen) atoms. The second kappa shape index (κ2) is 5.03. The number of anilines is 1. The van der Waals surface area contributed by atoms with Crippen LogP contribution in [0.4, 0.5) is 5.69 Å². The van der Waals surface area contributed by atoms with Gasteiger partial charge in [-0.1, -0.05) is 11.6 Å². The summed E-state index contributed by atoms with van der Waals surface area (Å²) in [6.45, 7) is 0. The van der Waals surface area contributed by atoms with Crippen LogP contribution in [-0.4, -0.2) is 12.5 Å². The van der Waals surface area contributed by atoms with Gasteiger partial charge in [0.15, 0.2) is 0 Å². The van der Waals surface area contributed by atoms with Crippen LogP contribution in [0.5, 0.6) is 0 Å². The molecule has 1 rings (SSSR count). The van der Waals surface area contributed by atoms with Gasteiger partial charge in [-0.3, -0.25) is 0 Å². The predicted molar refractivity (Wildman–Crippen MR) is 65.6 cm³/mol. The SMILES string of the molecule is CSC(SC)c1cc(Cl)ccc1N. The van der Waals surface area contributed by atoms with Crippen LogP contribution in [0.15, 0.2) is 18.2 Å². The van der Waals surface area contributed by atoms with E-state index in [0.717, 1.165) is 16.3 Å². The molecule has 0 atom stereocenters. The Bertz CT molecular complexity index is 287. The van der Waals surface area contributed by atoms with E-state index >= 15 is 0 Å². The lowest BCUT2D eigenvalue weighted by atomic mass is 10.2. The molecule has 1 aromatic rings. The highest BCUT2D eigenvalue weighted by molar-refractivity contribution is 8.15. The predicted octanol–water partition coefficient (Wildman–Crippen LogP) is 3.65. The zero-order chi connectivity index (χ0) is 9.84. The second-order valence-corrected chi connectivity index (χ2v) is 5.20. The molecule has 0 saturated heterocycles. The highest BCUT2D eigenvalue weighted by Crippen LogP contribution is 2.39. The van der Waals surface area contributed by atoms with Crippen molar-refractivity contribution in [3.05, 3.63) is 28.8 Å². The lowest BCUT2D eigenvalue weighted by Crippen LogP contribution is -1.95. The van der Waals surface area contributed by atoms with Gasteiger partial charge in [0.25, 0.3) is 0 Å². The molecule has 0 aliphatic carbocycles. The van der Waals surface area contributed by atoms with E-state index in [-0.39, 0.29) is 0 Å². The zero-order valence-electron chi connectivity index (χ0n) is 7.58. The Morgan fingerprint density at radius 2 is 1.92 bits per heavy atom. The minimum absolute atomic E-state index is 0.374. The van der Waals surface area contributed by atoms with Gasteiger partial charge in [-0.05, 0) is 36.3 Å². The first-order valence-corrected chi connectivity index (χ1v) is 6.75. The quantitative estimate of drug-likeness (QED) is 0.638. The summed E-state index contributed by atoms with van der Waals surface area (Å²) >= 11 is 9.44. The van der Waals surface area contributed by atoms with E-state index in [0.29, 0.717) is 4.58 Å². The van der Waals surface area contributed by atoms with Crippen LogP contribution in [0.25, 0.3) is 0 Å². The van der Waals surface area contributed by atoms with Gasteiger partial charge in [0.1, 0.15) is 0 Å². The van der Waals surface area contributed by atoms with Crippen molar-refractivity contribution in [2.75, 3.05) is 18.2 Å². The van der Waals surface area contributed by atoms with Crippen molar-refractivity contribution >= 4 is 40.8 Å². The van der Waals surface area contributed by atoms with Gasteiger partial charge in [0, 0.05) is 10.7 Å². The number of hydrogen-bond donors (Lipinski definition) is 1. The molecule has 0 fully saturated rings. The minimum Gasteiger partial charge on any atom is -0.398 e. The summed E-state index contributed by atoms with van der Waals surface area (Å²) in [7, 11) is 0. The Labute approximate surface area is 92.4 Å². The molecule has 0 aliphatic heterocycles. The number of hydrogen-bond acceptors (Lipinski definition) is 3. The Morgan fingerprint density at radius 1 is 1.31 bits per heavy atom. The topological polar surface area (TPSA) is 26.0 Å². The highest BCUT2D eigenvalue weighted by atomic mass is 35.5. The van der Waals surface area contributed by atoms with Gasteiger partial charge in [-0.2, -0.15) is 0 Å². The molecular weight excluding hydrogens is 222 g/mol. The van der Waals surface area contributed by atoms with Crippen LogP contribution in [0.2, 0.25) is 5.02 Å². The Kier molecular flexibility index (Phi) is 4.29. The zero-order valence-corrected chi connectivity index (χ0v) is 9.97. The number of nitrogen functional groups attached to an aromatic ring is 1. The fourth-order valence-electron chi connectivity index (χ4n) is 1.10. The molecule has 0 aromatic heterocycles. The maximum atomic E-state index is 5.90. The summed E-state index contributed by atoms with van der Waals surface area (Å²) in [4.78, 5) is 0. The van der Waals surface area contributed by atoms with E-state index in [9.17, 15) is 0 Å². The highest BCUT2D eigenvalue weighted by Gasteiger charge is 2.11. The van der Waals surface area contributed by atoms with Gasteiger partial charge < -0.3 is 5.73 Å². The van der Waals surface area contributed by atoms with Crippen molar-refractivity contribution in [2.45, 2.75) is 4.58 Å². The van der Waals surface area contributed by atoms with E-state index in [4.69, 9.17) is 17.3 Å². The molecule has 2 N–H and O–H groups in total. The molecule has 0 heterocycles.